The lowest BCUT2D eigenvalue weighted by molar-refractivity contribution is -0.132. The van der Waals surface area contributed by atoms with E-state index in [2.05, 4.69) is 19.2 Å². The minimum atomic E-state index is 0.00144. The molecule has 0 aromatic heterocycles. The summed E-state index contributed by atoms with van der Waals surface area (Å²) in [7, 11) is 0. The maximum atomic E-state index is 11.9. The van der Waals surface area contributed by atoms with Crippen LogP contribution in [0.25, 0.3) is 0 Å². The molecule has 82 valence electrons. The first-order valence-corrected chi connectivity index (χ1v) is 5.67. The van der Waals surface area contributed by atoms with Gasteiger partial charge in [0.1, 0.15) is 0 Å². The summed E-state index contributed by atoms with van der Waals surface area (Å²) in [6.45, 7) is 9.13. The Labute approximate surface area is 86.9 Å². The molecular weight excluding hydrogens is 176 g/mol. The van der Waals surface area contributed by atoms with Gasteiger partial charge in [-0.3, -0.25) is 4.79 Å². The zero-order chi connectivity index (χ0) is 10.6. The Kier molecular flexibility index (Phi) is 4.39. The number of hydrogen-bond donors (Lipinski definition) is 1. The summed E-state index contributed by atoms with van der Waals surface area (Å²) in [5.41, 5.74) is 0. The van der Waals surface area contributed by atoms with E-state index in [9.17, 15) is 4.79 Å². The summed E-state index contributed by atoms with van der Waals surface area (Å²) in [5, 5.41) is 3.22. The van der Waals surface area contributed by atoms with E-state index >= 15 is 0 Å². The van der Waals surface area contributed by atoms with Crippen LogP contribution in [0, 0.1) is 5.92 Å². The summed E-state index contributed by atoms with van der Waals surface area (Å²) in [4.78, 5) is 13.9. The largest absolute Gasteiger partial charge is 0.341 e. The lowest BCUT2D eigenvalue weighted by atomic mass is 10.1. The van der Waals surface area contributed by atoms with Gasteiger partial charge in [0.25, 0.3) is 0 Å². The quantitative estimate of drug-likeness (QED) is 0.740. The van der Waals surface area contributed by atoms with Gasteiger partial charge >= 0.3 is 0 Å². The van der Waals surface area contributed by atoms with Crippen LogP contribution in [-0.2, 0) is 4.79 Å². The predicted octanol–water partition coefficient (Wildman–Crippen LogP) is 1.24. The van der Waals surface area contributed by atoms with E-state index in [1.165, 1.54) is 0 Å². The number of carbonyl (C=O) groups is 1. The van der Waals surface area contributed by atoms with Gasteiger partial charge in [-0.1, -0.05) is 20.3 Å². The summed E-state index contributed by atoms with van der Waals surface area (Å²) in [5.74, 6) is 0.882. The van der Waals surface area contributed by atoms with Crippen molar-refractivity contribution >= 4 is 5.91 Å². The first-order valence-electron chi connectivity index (χ1n) is 5.67. The summed E-state index contributed by atoms with van der Waals surface area (Å²) >= 11 is 0. The van der Waals surface area contributed by atoms with Crippen LogP contribution in [0.2, 0.25) is 0 Å². The van der Waals surface area contributed by atoms with Gasteiger partial charge in [0.15, 0.2) is 0 Å². The molecule has 1 fully saturated rings. The van der Waals surface area contributed by atoms with Gasteiger partial charge in [0, 0.05) is 13.1 Å². The molecule has 1 N–H and O–H groups in total. The van der Waals surface area contributed by atoms with Crippen molar-refractivity contribution in [2.75, 3.05) is 19.6 Å². The van der Waals surface area contributed by atoms with E-state index in [1.54, 1.807) is 0 Å². The molecule has 1 amide bonds. The monoisotopic (exact) mass is 198 g/mol. The van der Waals surface area contributed by atoms with E-state index in [0.717, 1.165) is 32.5 Å². The van der Waals surface area contributed by atoms with Crippen molar-refractivity contribution in [2.24, 2.45) is 5.92 Å². The molecule has 1 saturated heterocycles. The molecule has 3 nitrogen and oxygen atoms in total. The molecule has 1 rings (SSSR count). The van der Waals surface area contributed by atoms with Crippen LogP contribution >= 0.6 is 0 Å². The highest BCUT2D eigenvalue weighted by atomic mass is 16.2. The highest BCUT2D eigenvalue weighted by molar-refractivity contribution is 5.81. The zero-order valence-corrected chi connectivity index (χ0v) is 9.55. The van der Waals surface area contributed by atoms with Crippen LogP contribution < -0.4 is 5.32 Å². The first kappa shape index (κ1) is 11.5. The topological polar surface area (TPSA) is 32.3 Å². The average Bonchev–Trinajstić information content (AvgIpc) is 2.33. The fourth-order valence-electron chi connectivity index (χ4n) is 1.75. The molecule has 14 heavy (non-hydrogen) atoms. The second-order valence-electron chi connectivity index (χ2n) is 4.33. The Morgan fingerprint density at radius 2 is 2.36 bits per heavy atom. The van der Waals surface area contributed by atoms with Crippen molar-refractivity contribution < 1.29 is 4.79 Å². The third kappa shape index (κ3) is 2.98. The molecule has 0 aliphatic carbocycles. The fraction of sp³-hybridized carbons (Fsp3) is 0.909. The first-order chi connectivity index (χ1) is 6.65. The molecule has 0 spiro atoms. The molecular formula is C11H22N2O. The molecule has 0 aromatic carbocycles. The van der Waals surface area contributed by atoms with Gasteiger partial charge in [-0.05, 0) is 25.8 Å². The molecule has 0 aromatic rings. The van der Waals surface area contributed by atoms with E-state index in [-0.39, 0.29) is 11.9 Å². The number of hydrogen-bond acceptors (Lipinski definition) is 2. The summed E-state index contributed by atoms with van der Waals surface area (Å²) in [6.07, 6.45) is 2.22. The zero-order valence-electron chi connectivity index (χ0n) is 9.55. The number of carbonyl (C=O) groups excluding carboxylic acids is 1. The molecule has 3 heteroatoms. The molecule has 0 bridgehead atoms. The second kappa shape index (κ2) is 5.35. The number of nitrogens with one attached hydrogen (secondary N) is 1. The lowest BCUT2D eigenvalue weighted by Crippen LogP contribution is -2.43. The Morgan fingerprint density at radius 3 is 3.00 bits per heavy atom. The van der Waals surface area contributed by atoms with E-state index < -0.39 is 0 Å². The maximum Gasteiger partial charge on any atom is 0.239 e. The average molecular weight is 198 g/mol. The summed E-state index contributed by atoms with van der Waals surface area (Å²) in [6, 6.07) is 0.00144. The van der Waals surface area contributed by atoms with Gasteiger partial charge in [0.05, 0.1) is 6.04 Å². The third-order valence-electron chi connectivity index (χ3n) is 2.97. The second-order valence-corrected chi connectivity index (χ2v) is 4.33. The van der Waals surface area contributed by atoms with Crippen LogP contribution in [0.5, 0.6) is 0 Å². The Hall–Kier alpha value is -0.570. The van der Waals surface area contributed by atoms with Gasteiger partial charge < -0.3 is 10.2 Å². The van der Waals surface area contributed by atoms with Crippen LogP contribution in [0.15, 0.2) is 0 Å². The van der Waals surface area contributed by atoms with Crippen molar-refractivity contribution in [1.82, 2.24) is 10.2 Å². The van der Waals surface area contributed by atoms with E-state index in [1.807, 2.05) is 11.8 Å². The molecule has 1 aliphatic rings. The standard InChI is InChI=1S/C11H22N2O/c1-4-9(2)8-13-7-5-6-12-10(3)11(13)14/h9-10,12H,4-8H2,1-3H3. The summed E-state index contributed by atoms with van der Waals surface area (Å²) < 4.78 is 0. The van der Waals surface area contributed by atoms with Crippen LogP contribution in [0.1, 0.15) is 33.6 Å². The van der Waals surface area contributed by atoms with Crippen molar-refractivity contribution in [3.63, 3.8) is 0 Å². The minimum absolute atomic E-state index is 0.00144. The molecule has 2 atom stereocenters. The van der Waals surface area contributed by atoms with Gasteiger partial charge in [-0.25, -0.2) is 0 Å². The lowest BCUT2D eigenvalue weighted by Gasteiger charge is -2.25. The Morgan fingerprint density at radius 1 is 1.64 bits per heavy atom. The molecule has 0 radical (unpaired) electrons. The van der Waals surface area contributed by atoms with Crippen molar-refractivity contribution in [2.45, 2.75) is 39.7 Å². The highest BCUT2D eigenvalue weighted by Crippen LogP contribution is 2.08. The number of amides is 1. The number of rotatable bonds is 3. The minimum Gasteiger partial charge on any atom is -0.341 e. The number of nitrogens with zero attached hydrogens (tertiary/aromatic N) is 1. The Bertz CT molecular complexity index is 194. The normalized spacial score (nSPS) is 26.1. The Balaban J connectivity index is 2.52. The SMILES string of the molecule is CCC(C)CN1CCCNC(C)C1=O. The van der Waals surface area contributed by atoms with E-state index in [4.69, 9.17) is 0 Å². The predicted molar refractivity (Wildman–Crippen MR) is 58.1 cm³/mol. The third-order valence-corrected chi connectivity index (χ3v) is 2.97. The van der Waals surface area contributed by atoms with Crippen LogP contribution in [0.3, 0.4) is 0 Å². The van der Waals surface area contributed by atoms with Crippen molar-refractivity contribution in [3.05, 3.63) is 0 Å². The smallest absolute Gasteiger partial charge is 0.239 e. The highest BCUT2D eigenvalue weighted by Gasteiger charge is 2.23. The van der Waals surface area contributed by atoms with Crippen LogP contribution in [-0.4, -0.2) is 36.5 Å². The van der Waals surface area contributed by atoms with E-state index in [0.29, 0.717) is 5.92 Å². The van der Waals surface area contributed by atoms with Crippen molar-refractivity contribution in [3.8, 4) is 0 Å². The van der Waals surface area contributed by atoms with Gasteiger partial charge in [0.2, 0.25) is 5.91 Å². The molecule has 1 aliphatic heterocycles. The molecule has 1 heterocycles. The van der Waals surface area contributed by atoms with Crippen LogP contribution in [0.4, 0.5) is 0 Å². The molecule has 2 unspecified atom stereocenters. The maximum absolute atomic E-state index is 11.9. The molecule has 0 saturated carbocycles. The van der Waals surface area contributed by atoms with Crippen molar-refractivity contribution in [1.29, 1.82) is 0 Å². The van der Waals surface area contributed by atoms with Gasteiger partial charge in [-0.2, -0.15) is 0 Å². The fourth-order valence-corrected chi connectivity index (χ4v) is 1.75. The van der Waals surface area contributed by atoms with Gasteiger partial charge in [-0.15, -0.1) is 0 Å².